The summed E-state index contributed by atoms with van der Waals surface area (Å²) in [6.07, 6.45) is 0.850. The quantitative estimate of drug-likeness (QED) is 0.521. The number of primary amides is 1. The van der Waals surface area contributed by atoms with Crippen LogP contribution in [0.1, 0.15) is 58.2 Å². The minimum absolute atomic E-state index is 0.0592. The molecule has 0 aliphatic heterocycles. The first-order valence-electron chi connectivity index (χ1n) is 10.4. The van der Waals surface area contributed by atoms with E-state index in [1.807, 2.05) is 42.5 Å². The first-order valence-corrected chi connectivity index (χ1v) is 10.4. The normalized spacial score (nSPS) is 11.7. The summed E-state index contributed by atoms with van der Waals surface area (Å²) in [5.41, 5.74) is 8.21. The molecule has 5 nitrogen and oxygen atoms in total. The van der Waals surface area contributed by atoms with Crippen LogP contribution in [0.2, 0.25) is 0 Å². The number of ether oxygens (including phenoxy) is 1. The zero-order valence-corrected chi connectivity index (χ0v) is 17.9. The van der Waals surface area contributed by atoms with Crippen LogP contribution in [0, 0.1) is 5.92 Å². The molecule has 0 aromatic heterocycles. The van der Waals surface area contributed by atoms with E-state index in [2.05, 4.69) is 19.2 Å². The Labute approximate surface area is 183 Å². The molecule has 31 heavy (non-hydrogen) atoms. The Hall–Kier alpha value is -3.60. The van der Waals surface area contributed by atoms with E-state index < -0.39 is 5.91 Å². The monoisotopic (exact) mass is 416 g/mol. The molecule has 1 unspecified atom stereocenters. The fourth-order valence-corrected chi connectivity index (χ4v) is 3.44. The van der Waals surface area contributed by atoms with Crippen molar-refractivity contribution in [2.24, 2.45) is 11.7 Å². The van der Waals surface area contributed by atoms with Crippen LogP contribution in [0.5, 0.6) is 5.75 Å². The van der Waals surface area contributed by atoms with Crippen molar-refractivity contribution in [2.75, 3.05) is 0 Å². The van der Waals surface area contributed by atoms with Crippen molar-refractivity contribution in [3.8, 4) is 5.75 Å². The second kappa shape index (κ2) is 10.4. The Balaban J connectivity index is 1.71. The van der Waals surface area contributed by atoms with Gasteiger partial charge in [-0.2, -0.15) is 0 Å². The molecule has 3 aromatic rings. The summed E-state index contributed by atoms with van der Waals surface area (Å²) < 4.78 is 5.79. The predicted octanol–water partition coefficient (Wildman–Crippen LogP) is 4.88. The Bertz CT molecular complexity index is 1030. The molecular formula is C26H28N2O3. The highest BCUT2D eigenvalue weighted by Crippen LogP contribution is 2.22. The lowest BCUT2D eigenvalue weighted by Gasteiger charge is -2.21. The molecule has 0 saturated heterocycles. The fourth-order valence-electron chi connectivity index (χ4n) is 3.44. The van der Waals surface area contributed by atoms with E-state index in [0.29, 0.717) is 22.8 Å². The maximum Gasteiger partial charge on any atom is 0.252 e. The van der Waals surface area contributed by atoms with Gasteiger partial charge in [0, 0.05) is 5.56 Å². The van der Waals surface area contributed by atoms with E-state index in [1.54, 1.807) is 36.4 Å². The molecule has 5 heteroatoms. The molecule has 0 spiro atoms. The highest BCUT2D eigenvalue weighted by Gasteiger charge is 2.17. The number of hydrogen-bond donors (Lipinski definition) is 2. The summed E-state index contributed by atoms with van der Waals surface area (Å²) in [5.74, 6) is 0.191. The number of rotatable bonds is 9. The van der Waals surface area contributed by atoms with Crippen LogP contribution in [0.4, 0.5) is 0 Å². The van der Waals surface area contributed by atoms with Gasteiger partial charge in [0.15, 0.2) is 0 Å². The van der Waals surface area contributed by atoms with E-state index in [4.69, 9.17) is 10.5 Å². The van der Waals surface area contributed by atoms with Crippen LogP contribution in [-0.2, 0) is 6.61 Å². The van der Waals surface area contributed by atoms with Crippen LogP contribution in [-0.4, -0.2) is 11.8 Å². The Kier molecular flexibility index (Phi) is 7.44. The van der Waals surface area contributed by atoms with Crippen LogP contribution < -0.4 is 15.8 Å². The smallest absolute Gasteiger partial charge is 0.252 e. The molecule has 1 atom stereocenters. The second-order valence-corrected chi connectivity index (χ2v) is 7.92. The van der Waals surface area contributed by atoms with Crippen molar-refractivity contribution in [1.29, 1.82) is 0 Å². The molecule has 3 N–H and O–H groups in total. The van der Waals surface area contributed by atoms with Crippen molar-refractivity contribution in [3.63, 3.8) is 0 Å². The summed E-state index contributed by atoms with van der Waals surface area (Å²) in [5, 5.41) is 3.17. The van der Waals surface area contributed by atoms with Crippen LogP contribution in [0.3, 0.4) is 0 Å². The summed E-state index contributed by atoms with van der Waals surface area (Å²) >= 11 is 0. The molecule has 2 amide bonds. The lowest BCUT2D eigenvalue weighted by molar-refractivity contribution is 0.0931. The van der Waals surface area contributed by atoms with Gasteiger partial charge in [-0.15, -0.1) is 0 Å². The minimum atomic E-state index is -0.541. The van der Waals surface area contributed by atoms with Gasteiger partial charge in [0.1, 0.15) is 12.4 Å². The van der Waals surface area contributed by atoms with Crippen molar-refractivity contribution in [3.05, 3.63) is 101 Å². The Morgan fingerprint density at radius 2 is 1.65 bits per heavy atom. The van der Waals surface area contributed by atoms with Crippen molar-refractivity contribution < 1.29 is 14.3 Å². The topological polar surface area (TPSA) is 81.4 Å². The number of nitrogens with two attached hydrogens (primary N) is 1. The van der Waals surface area contributed by atoms with Crippen molar-refractivity contribution in [2.45, 2.75) is 32.9 Å². The average molecular weight is 417 g/mol. The number of para-hydroxylation sites is 1. The Morgan fingerprint density at radius 1 is 0.935 bits per heavy atom. The second-order valence-electron chi connectivity index (χ2n) is 7.92. The molecule has 3 aromatic carbocycles. The van der Waals surface area contributed by atoms with Gasteiger partial charge in [-0.1, -0.05) is 68.4 Å². The van der Waals surface area contributed by atoms with Gasteiger partial charge in [0.25, 0.3) is 11.8 Å². The first kappa shape index (κ1) is 22.1. The van der Waals surface area contributed by atoms with Crippen LogP contribution in [0.25, 0.3) is 0 Å². The Morgan fingerprint density at radius 3 is 2.35 bits per heavy atom. The van der Waals surface area contributed by atoms with E-state index >= 15 is 0 Å². The average Bonchev–Trinajstić information content (AvgIpc) is 2.78. The number of amides is 2. The molecule has 0 aliphatic rings. The van der Waals surface area contributed by atoms with Crippen molar-refractivity contribution in [1.82, 2.24) is 5.32 Å². The third kappa shape index (κ3) is 6.19. The van der Waals surface area contributed by atoms with Crippen molar-refractivity contribution >= 4 is 11.8 Å². The molecule has 0 radical (unpaired) electrons. The van der Waals surface area contributed by atoms with E-state index in [0.717, 1.165) is 17.5 Å². The summed E-state index contributed by atoms with van der Waals surface area (Å²) in [6, 6.07) is 24.1. The number of nitrogens with one attached hydrogen (secondary N) is 1. The van der Waals surface area contributed by atoms with Gasteiger partial charge >= 0.3 is 0 Å². The van der Waals surface area contributed by atoms with Gasteiger partial charge in [-0.05, 0) is 47.7 Å². The maximum absolute atomic E-state index is 13.0. The zero-order chi connectivity index (χ0) is 22.2. The molecule has 0 saturated carbocycles. The maximum atomic E-state index is 13.0. The molecule has 0 fully saturated rings. The van der Waals surface area contributed by atoms with Gasteiger partial charge < -0.3 is 15.8 Å². The third-order valence-corrected chi connectivity index (χ3v) is 4.95. The molecular weight excluding hydrogens is 388 g/mol. The largest absolute Gasteiger partial charge is 0.488 e. The van der Waals surface area contributed by atoms with Crippen LogP contribution >= 0.6 is 0 Å². The molecule has 160 valence electrons. The SMILES string of the molecule is CC(C)CC(NC(=O)c1cccc(COc2ccccc2C(N)=O)c1)c1ccccc1. The number of hydrogen-bond acceptors (Lipinski definition) is 3. The van der Waals surface area contributed by atoms with Gasteiger partial charge in [0.2, 0.25) is 0 Å². The highest BCUT2D eigenvalue weighted by molar-refractivity contribution is 5.95. The molecule has 0 heterocycles. The van der Waals surface area contributed by atoms with Gasteiger partial charge in [-0.25, -0.2) is 0 Å². The first-order chi connectivity index (χ1) is 14.9. The lowest BCUT2D eigenvalue weighted by atomic mass is 9.96. The molecule has 0 aliphatic carbocycles. The van der Waals surface area contributed by atoms with Gasteiger partial charge in [0.05, 0.1) is 11.6 Å². The summed E-state index contributed by atoms with van der Waals surface area (Å²) in [4.78, 5) is 24.5. The molecule has 0 bridgehead atoms. The lowest BCUT2D eigenvalue weighted by Crippen LogP contribution is -2.29. The number of carbonyl (C=O) groups is 2. The van der Waals surface area contributed by atoms with Crippen LogP contribution in [0.15, 0.2) is 78.9 Å². The van der Waals surface area contributed by atoms with E-state index in [1.165, 1.54) is 0 Å². The summed E-state index contributed by atoms with van der Waals surface area (Å²) in [7, 11) is 0. The standard InChI is InChI=1S/C26H28N2O3/c1-18(2)15-23(20-10-4-3-5-11-20)28-26(30)21-12-8-9-19(16-21)17-31-24-14-7-6-13-22(24)25(27)29/h3-14,16,18,23H,15,17H2,1-2H3,(H2,27,29)(H,28,30). The zero-order valence-electron chi connectivity index (χ0n) is 17.9. The number of benzene rings is 3. The van der Waals surface area contributed by atoms with Gasteiger partial charge in [-0.3, -0.25) is 9.59 Å². The predicted molar refractivity (Wildman–Crippen MR) is 122 cm³/mol. The number of carbonyl (C=O) groups excluding carboxylic acids is 2. The molecule has 3 rings (SSSR count). The third-order valence-electron chi connectivity index (χ3n) is 4.95. The highest BCUT2D eigenvalue weighted by atomic mass is 16.5. The minimum Gasteiger partial charge on any atom is -0.488 e. The van der Waals surface area contributed by atoms with E-state index in [-0.39, 0.29) is 18.6 Å². The van der Waals surface area contributed by atoms with E-state index in [9.17, 15) is 9.59 Å². The summed E-state index contributed by atoms with van der Waals surface area (Å²) in [6.45, 7) is 4.51. The fraction of sp³-hybridized carbons (Fsp3) is 0.231.